The van der Waals surface area contributed by atoms with Crippen LogP contribution in [-0.4, -0.2) is 36.0 Å². The maximum atomic E-state index is 12.5. The van der Waals surface area contributed by atoms with Gasteiger partial charge in [-0.25, -0.2) is 8.42 Å². The van der Waals surface area contributed by atoms with Gasteiger partial charge in [-0.2, -0.15) is 9.40 Å². The van der Waals surface area contributed by atoms with Gasteiger partial charge in [0.25, 0.3) is 0 Å². The van der Waals surface area contributed by atoms with Crippen molar-refractivity contribution in [3.05, 3.63) is 11.4 Å². The molecule has 6 heteroatoms. The van der Waals surface area contributed by atoms with Gasteiger partial charge in [-0.3, -0.25) is 5.10 Å². The van der Waals surface area contributed by atoms with Gasteiger partial charge >= 0.3 is 0 Å². The number of nitrogens with zero attached hydrogens (tertiary/aromatic N) is 2. The molecule has 1 aliphatic rings. The predicted octanol–water partition coefficient (Wildman–Crippen LogP) is 1.45. The van der Waals surface area contributed by atoms with Crippen LogP contribution in [-0.2, 0) is 10.0 Å². The number of sulfonamides is 1. The fraction of sp³-hybridized carbons (Fsp3) is 0.727. The first-order valence-corrected chi connectivity index (χ1v) is 7.20. The van der Waals surface area contributed by atoms with Gasteiger partial charge in [0.05, 0.1) is 11.4 Å². The van der Waals surface area contributed by atoms with Gasteiger partial charge in [0.2, 0.25) is 10.0 Å². The molecule has 1 saturated heterocycles. The maximum Gasteiger partial charge on any atom is 0.246 e. The Morgan fingerprint density at radius 2 is 2.00 bits per heavy atom. The lowest BCUT2D eigenvalue weighted by atomic mass is 9.93. The molecule has 0 saturated carbocycles. The lowest BCUT2D eigenvalue weighted by Crippen LogP contribution is -2.31. The molecular formula is C11H19N3O2S. The van der Waals surface area contributed by atoms with Gasteiger partial charge in [0, 0.05) is 13.1 Å². The van der Waals surface area contributed by atoms with E-state index in [9.17, 15) is 8.42 Å². The number of rotatable bonds is 2. The van der Waals surface area contributed by atoms with E-state index in [0.717, 1.165) is 6.42 Å². The van der Waals surface area contributed by atoms with Crippen molar-refractivity contribution < 1.29 is 8.42 Å². The van der Waals surface area contributed by atoms with Crippen LogP contribution in [0.5, 0.6) is 0 Å². The van der Waals surface area contributed by atoms with E-state index in [0.29, 0.717) is 29.4 Å². The van der Waals surface area contributed by atoms with Crippen LogP contribution in [0.2, 0.25) is 0 Å². The first-order chi connectivity index (χ1) is 7.74. The highest BCUT2D eigenvalue weighted by Gasteiger charge is 2.38. The quantitative estimate of drug-likeness (QED) is 0.872. The standard InChI is InChI=1S/C11H19N3O2S/c1-8-10(9(2)13-12-8)17(15,16)14-6-5-11(3,4)7-14/h5-7H2,1-4H3,(H,12,13). The van der Waals surface area contributed by atoms with Crippen molar-refractivity contribution in [2.24, 2.45) is 5.41 Å². The van der Waals surface area contributed by atoms with Crippen LogP contribution in [0, 0.1) is 19.3 Å². The van der Waals surface area contributed by atoms with Crippen molar-refractivity contribution in [2.75, 3.05) is 13.1 Å². The van der Waals surface area contributed by atoms with Gasteiger partial charge in [-0.15, -0.1) is 0 Å². The molecule has 0 aromatic carbocycles. The lowest BCUT2D eigenvalue weighted by Gasteiger charge is -2.19. The molecule has 0 aliphatic carbocycles. The van der Waals surface area contributed by atoms with Crippen molar-refractivity contribution in [1.82, 2.24) is 14.5 Å². The molecule has 0 bridgehead atoms. The third-order valence-electron chi connectivity index (χ3n) is 3.30. The van der Waals surface area contributed by atoms with Crippen molar-refractivity contribution >= 4 is 10.0 Å². The van der Waals surface area contributed by atoms with E-state index in [1.807, 2.05) is 0 Å². The van der Waals surface area contributed by atoms with Gasteiger partial charge < -0.3 is 0 Å². The zero-order chi connectivity index (χ0) is 12.8. The minimum Gasteiger partial charge on any atom is -0.281 e. The molecule has 1 aromatic rings. The van der Waals surface area contributed by atoms with Gasteiger partial charge in [0.15, 0.2) is 0 Å². The SMILES string of the molecule is Cc1n[nH]c(C)c1S(=O)(=O)N1CCC(C)(C)C1. The number of aromatic amines is 1. The minimum atomic E-state index is -3.39. The van der Waals surface area contributed by atoms with E-state index in [-0.39, 0.29) is 5.41 Å². The summed E-state index contributed by atoms with van der Waals surface area (Å²) in [5.74, 6) is 0. The third-order valence-corrected chi connectivity index (χ3v) is 5.41. The Labute approximate surface area is 102 Å². The van der Waals surface area contributed by atoms with E-state index >= 15 is 0 Å². The zero-order valence-electron chi connectivity index (χ0n) is 10.7. The smallest absolute Gasteiger partial charge is 0.246 e. The highest BCUT2D eigenvalue weighted by molar-refractivity contribution is 7.89. The van der Waals surface area contributed by atoms with Crippen molar-refractivity contribution in [3.63, 3.8) is 0 Å². The Bertz CT molecular complexity index is 511. The third kappa shape index (κ3) is 2.11. The predicted molar refractivity (Wildman–Crippen MR) is 65.2 cm³/mol. The molecule has 1 N–H and O–H groups in total. The fourth-order valence-electron chi connectivity index (χ4n) is 2.32. The number of H-pyrrole nitrogens is 1. The summed E-state index contributed by atoms with van der Waals surface area (Å²) in [4.78, 5) is 0.343. The molecule has 0 radical (unpaired) electrons. The van der Waals surface area contributed by atoms with E-state index in [4.69, 9.17) is 0 Å². The van der Waals surface area contributed by atoms with Crippen LogP contribution in [0.25, 0.3) is 0 Å². The molecule has 0 atom stereocenters. The van der Waals surface area contributed by atoms with Crippen LogP contribution >= 0.6 is 0 Å². The summed E-state index contributed by atoms with van der Waals surface area (Å²) in [7, 11) is -3.39. The highest BCUT2D eigenvalue weighted by atomic mass is 32.2. The minimum absolute atomic E-state index is 0.0681. The number of aromatic nitrogens is 2. The van der Waals surface area contributed by atoms with Crippen LogP contribution in [0.1, 0.15) is 31.7 Å². The van der Waals surface area contributed by atoms with E-state index in [1.54, 1.807) is 18.2 Å². The number of nitrogens with one attached hydrogen (secondary N) is 1. The normalized spacial score (nSPS) is 20.9. The molecule has 96 valence electrons. The molecular weight excluding hydrogens is 238 g/mol. The second kappa shape index (κ2) is 3.81. The lowest BCUT2D eigenvalue weighted by molar-refractivity contribution is 0.375. The van der Waals surface area contributed by atoms with Crippen molar-refractivity contribution in [3.8, 4) is 0 Å². The Hall–Kier alpha value is -0.880. The van der Waals surface area contributed by atoms with Crippen LogP contribution < -0.4 is 0 Å². The van der Waals surface area contributed by atoms with Crippen molar-refractivity contribution in [2.45, 2.75) is 39.0 Å². The summed E-state index contributed by atoms with van der Waals surface area (Å²) in [6, 6.07) is 0. The average molecular weight is 257 g/mol. The molecule has 0 unspecified atom stereocenters. The summed E-state index contributed by atoms with van der Waals surface area (Å²) < 4.78 is 26.5. The Morgan fingerprint density at radius 3 is 2.41 bits per heavy atom. The molecule has 2 heterocycles. The average Bonchev–Trinajstić information content (AvgIpc) is 2.70. The summed E-state index contributed by atoms with van der Waals surface area (Å²) in [5, 5.41) is 6.69. The molecule has 1 fully saturated rings. The Morgan fingerprint density at radius 1 is 1.35 bits per heavy atom. The highest BCUT2D eigenvalue weighted by Crippen LogP contribution is 2.33. The second-order valence-corrected chi connectivity index (χ2v) is 7.39. The largest absolute Gasteiger partial charge is 0.281 e. The molecule has 0 spiro atoms. The van der Waals surface area contributed by atoms with Crippen LogP contribution in [0.3, 0.4) is 0 Å². The van der Waals surface area contributed by atoms with E-state index in [1.165, 1.54) is 0 Å². The summed E-state index contributed by atoms with van der Waals surface area (Å²) >= 11 is 0. The topological polar surface area (TPSA) is 66.1 Å². The summed E-state index contributed by atoms with van der Waals surface area (Å²) in [5.41, 5.74) is 1.23. The summed E-state index contributed by atoms with van der Waals surface area (Å²) in [6.45, 7) is 8.83. The number of aryl methyl sites for hydroxylation is 2. The van der Waals surface area contributed by atoms with Gasteiger partial charge in [-0.1, -0.05) is 13.8 Å². The van der Waals surface area contributed by atoms with Crippen LogP contribution in [0.4, 0.5) is 0 Å². The zero-order valence-corrected chi connectivity index (χ0v) is 11.6. The van der Waals surface area contributed by atoms with Gasteiger partial charge in [-0.05, 0) is 25.7 Å². The second-order valence-electron chi connectivity index (χ2n) is 5.52. The van der Waals surface area contributed by atoms with Crippen LogP contribution in [0.15, 0.2) is 4.90 Å². The molecule has 1 aliphatic heterocycles. The number of hydrogen-bond donors (Lipinski definition) is 1. The Balaban J connectivity index is 2.39. The first-order valence-electron chi connectivity index (χ1n) is 5.76. The monoisotopic (exact) mass is 257 g/mol. The molecule has 5 nitrogen and oxygen atoms in total. The molecule has 0 amide bonds. The van der Waals surface area contributed by atoms with E-state index in [2.05, 4.69) is 24.0 Å². The van der Waals surface area contributed by atoms with Crippen molar-refractivity contribution in [1.29, 1.82) is 0 Å². The first kappa shape index (κ1) is 12.6. The number of hydrogen-bond acceptors (Lipinski definition) is 3. The molecule has 17 heavy (non-hydrogen) atoms. The van der Waals surface area contributed by atoms with E-state index < -0.39 is 10.0 Å². The maximum absolute atomic E-state index is 12.5. The van der Waals surface area contributed by atoms with Gasteiger partial charge in [0.1, 0.15) is 4.90 Å². The Kier molecular flexibility index (Phi) is 2.82. The molecule has 1 aromatic heterocycles. The molecule has 2 rings (SSSR count). The fourth-order valence-corrected chi connectivity index (χ4v) is 4.28. The summed E-state index contributed by atoms with van der Waals surface area (Å²) in [6.07, 6.45) is 0.905.